The number of aromatic nitrogens is 3. The van der Waals surface area contributed by atoms with Crippen LogP contribution >= 0.6 is 11.3 Å². The minimum absolute atomic E-state index is 0.0226. The van der Waals surface area contributed by atoms with E-state index in [1.54, 1.807) is 6.20 Å². The van der Waals surface area contributed by atoms with Crippen LogP contribution in [0.5, 0.6) is 0 Å². The van der Waals surface area contributed by atoms with Crippen LogP contribution in [0.4, 0.5) is 0 Å². The number of carbonyl (C=O) groups is 1. The van der Waals surface area contributed by atoms with E-state index in [0.717, 1.165) is 34.4 Å². The maximum atomic E-state index is 12.9. The van der Waals surface area contributed by atoms with E-state index >= 15 is 0 Å². The highest BCUT2D eigenvalue weighted by Crippen LogP contribution is 2.29. The zero-order chi connectivity index (χ0) is 19.8. The van der Waals surface area contributed by atoms with E-state index in [2.05, 4.69) is 9.97 Å². The van der Waals surface area contributed by atoms with Crippen LogP contribution < -0.4 is 5.69 Å². The summed E-state index contributed by atoms with van der Waals surface area (Å²) in [5.74, 6) is 0.0226. The Morgan fingerprint density at radius 3 is 2.55 bits per heavy atom. The van der Waals surface area contributed by atoms with Gasteiger partial charge in [-0.05, 0) is 25.0 Å². The molecule has 0 spiro atoms. The molecule has 5 rings (SSSR count). The highest BCUT2D eigenvalue weighted by Gasteiger charge is 2.27. The fraction of sp³-hybridized carbons (Fsp3) is 0.227. The Hall–Kier alpha value is -3.19. The average molecular weight is 404 g/mol. The van der Waals surface area contributed by atoms with Gasteiger partial charge in [-0.15, -0.1) is 11.3 Å². The number of fused-ring (bicyclic) bond motifs is 1. The summed E-state index contributed by atoms with van der Waals surface area (Å²) in [5, 5.41) is 0.856. The van der Waals surface area contributed by atoms with Crippen LogP contribution in [0.1, 0.15) is 28.6 Å². The first-order valence-corrected chi connectivity index (χ1v) is 10.5. The second kappa shape index (κ2) is 7.33. The Morgan fingerprint density at radius 1 is 1.03 bits per heavy atom. The fourth-order valence-corrected chi connectivity index (χ4v) is 4.90. The summed E-state index contributed by atoms with van der Waals surface area (Å²) in [6.07, 6.45) is 3.20. The van der Waals surface area contributed by atoms with Crippen molar-refractivity contribution in [2.45, 2.75) is 18.9 Å². The summed E-state index contributed by atoms with van der Waals surface area (Å²) >= 11 is 1.43. The molecule has 0 radical (unpaired) electrons. The van der Waals surface area contributed by atoms with Gasteiger partial charge in [0.25, 0.3) is 5.91 Å². The van der Waals surface area contributed by atoms with Crippen molar-refractivity contribution in [3.05, 3.63) is 76.2 Å². The maximum absolute atomic E-state index is 12.9. The average Bonchev–Trinajstić information content (AvgIpc) is 3.38. The van der Waals surface area contributed by atoms with Crippen LogP contribution in [0.15, 0.2) is 65.6 Å². The van der Waals surface area contributed by atoms with Gasteiger partial charge < -0.3 is 9.88 Å². The summed E-state index contributed by atoms with van der Waals surface area (Å²) < 4.78 is 1.84. The number of hydrogen-bond acceptors (Lipinski definition) is 4. The third kappa shape index (κ3) is 3.27. The molecular formula is C22H20N4O2S. The van der Waals surface area contributed by atoms with Crippen molar-refractivity contribution < 1.29 is 4.79 Å². The summed E-state index contributed by atoms with van der Waals surface area (Å²) in [4.78, 5) is 35.3. The van der Waals surface area contributed by atoms with Crippen molar-refractivity contribution in [2.24, 2.45) is 0 Å². The number of benzene rings is 2. The van der Waals surface area contributed by atoms with Gasteiger partial charge in [0.15, 0.2) is 0 Å². The molecule has 6 nitrogen and oxygen atoms in total. The molecule has 1 N–H and O–H groups in total. The van der Waals surface area contributed by atoms with E-state index < -0.39 is 0 Å². The van der Waals surface area contributed by atoms with E-state index in [4.69, 9.17) is 0 Å². The van der Waals surface area contributed by atoms with Gasteiger partial charge in [-0.3, -0.25) is 9.36 Å². The van der Waals surface area contributed by atoms with Crippen LogP contribution in [0.25, 0.3) is 21.6 Å². The number of H-pyrrole nitrogens is 1. The van der Waals surface area contributed by atoms with Gasteiger partial charge in [-0.1, -0.05) is 42.5 Å². The number of imidazole rings is 1. The Kier molecular flexibility index (Phi) is 4.52. The second-order valence-corrected chi connectivity index (χ2v) is 8.27. The number of carbonyl (C=O) groups excluding carboxylic acids is 1. The lowest BCUT2D eigenvalue weighted by molar-refractivity contribution is 0.0699. The number of aromatic amines is 1. The van der Waals surface area contributed by atoms with Gasteiger partial charge >= 0.3 is 5.69 Å². The quantitative estimate of drug-likeness (QED) is 0.562. The molecule has 1 aliphatic rings. The Morgan fingerprint density at radius 2 is 1.76 bits per heavy atom. The van der Waals surface area contributed by atoms with Gasteiger partial charge in [0.2, 0.25) is 0 Å². The topological polar surface area (TPSA) is 71.0 Å². The lowest BCUT2D eigenvalue weighted by Crippen LogP contribution is -2.40. The van der Waals surface area contributed by atoms with Crippen LogP contribution in [0.3, 0.4) is 0 Å². The smallest absolute Gasteiger partial charge is 0.326 e. The number of rotatable bonds is 3. The number of likely N-dealkylation sites (tertiary alicyclic amines) is 1. The third-order valence-electron chi connectivity index (χ3n) is 5.48. The summed E-state index contributed by atoms with van der Waals surface area (Å²) in [6.45, 7) is 1.27. The monoisotopic (exact) mass is 404 g/mol. The standard InChI is InChI=1S/C22H20N4O2S/c27-21(19-14-23-20(29-19)15-6-2-1-3-7-15)25-12-10-16(11-13-25)26-18-9-5-4-8-17(18)24-22(26)28/h1-9,14,16H,10-13H2,(H,24,28). The minimum Gasteiger partial charge on any atom is -0.338 e. The van der Waals surface area contributed by atoms with E-state index in [-0.39, 0.29) is 17.6 Å². The molecule has 1 aliphatic heterocycles. The van der Waals surface area contributed by atoms with Crippen molar-refractivity contribution >= 4 is 28.3 Å². The Labute approximate surface area is 171 Å². The predicted molar refractivity (Wildman–Crippen MR) is 114 cm³/mol. The number of hydrogen-bond donors (Lipinski definition) is 1. The SMILES string of the molecule is O=C(c1cnc(-c2ccccc2)s1)N1CCC(n2c(=O)[nH]c3ccccc32)CC1. The van der Waals surface area contributed by atoms with E-state index in [1.807, 2.05) is 64.1 Å². The number of nitrogens with one attached hydrogen (secondary N) is 1. The molecule has 0 bridgehead atoms. The largest absolute Gasteiger partial charge is 0.338 e. The molecule has 0 aliphatic carbocycles. The van der Waals surface area contributed by atoms with Crippen molar-refractivity contribution in [3.8, 4) is 10.6 Å². The first-order chi connectivity index (χ1) is 14.2. The zero-order valence-corrected chi connectivity index (χ0v) is 16.6. The summed E-state index contributed by atoms with van der Waals surface area (Å²) in [6, 6.07) is 17.7. The molecule has 2 aromatic carbocycles. The van der Waals surface area contributed by atoms with Gasteiger partial charge in [0.05, 0.1) is 17.2 Å². The second-order valence-electron chi connectivity index (χ2n) is 7.24. The molecule has 0 atom stereocenters. The number of piperidine rings is 1. The lowest BCUT2D eigenvalue weighted by atomic mass is 10.0. The molecule has 1 fully saturated rings. The Bertz CT molecular complexity index is 1220. The van der Waals surface area contributed by atoms with E-state index in [9.17, 15) is 9.59 Å². The fourth-order valence-electron chi connectivity index (χ4n) is 4.01. The predicted octanol–water partition coefficient (Wildman–Crippen LogP) is 3.93. The molecular weight excluding hydrogens is 384 g/mol. The molecule has 1 saturated heterocycles. The molecule has 2 aromatic heterocycles. The molecule has 3 heterocycles. The number of thiazole rings is 1. The first kappa shape index (κ1) is 17.9. The zero-order valence-electron chi connectivity index (χ0n) is 15.7. The van der Waals surface area contributed by atoms with Crippen LogP contribution in [0.2, 0.25) is 0 Å². The molecule has 146 valence electrons. The molecule has 1 amide bonds. The Balaban J connectivity index is 1.31. The van der Waals surface area contributed by atoms with Crippen LogP contribution in [-0.2, 0) is 0 Å². The van der Waals surface area contributed by atoms with E-state index in [1.165, 1.54) is 11.3 Å². The van der Waals surface area contributed by atoms with E-state index in [0.29, 0.717) is 18.0 Å². The maximum Gasteiger partial charge on any atom is 0.326 e. The highest BCUT2D eigenvalue weighted by atomic mass is 32.1. The third-order valence-corrected chi connectivity index (χ3v) is 6.51. The molecule has 7 heteroatoms. The molecule has 0 saturated carbocycles. The van der Waals surface area contributed by atoms with Gasteiger partial charge in [0.1, 0.15) is 9.88 Å². The van der Waals surface area contributed by atoms with Gasteiger partial charge in [-0.25, -0.2) is 9.78 Å². The number of nitrogens with zero attached hydrogens (tertiary/aromatic N) is 3. The molecule has 29 heavy (non-hydrogen) atoms. The van der Waals surface area contributed by atoms with Crippen LogP contribution in [0, 0.1) is 0 Å². The van der Waals surface area contributed by atoms with Crippen LogP contribution in [-0.4, -0.2) is 38.4 Å². The van der Waals surface area contributed by atoms with Gasteiger partial charge in [0, 0.05) is 24.7 Å². The lowest BCUT2D eigenvalue weighted by Gasteiger charge is -2.32. The van der Waals surface area contributed by atoms with Crippen molar-refractivity contribution in [3.63, 3.8) is 0 Å². The number of amides is 1. The minimum atomic E-state index is -0.0778. The van der Waals surface area contributed by atoms with Crippen molar-refractivity contribution in [2.75, 3.05) is 13.1 Å². The first-order valence-electron chi connectivity index (χ1n) is 9.70. The molecule has 0 unspecified atom stereocenters. The molecule has 4 aromatic rings. The normalized spacial score (nSPS) is 15.1. The highest BCUT2D eigenvalue weighted by molar-refractivity contribution is 7.16. The summed E-state index contributed by atoms with van der Waals surface area (Å²) in [5.41, 5.74) is 2.73. The van der Waals surface area contributed by atoms with Crippen molar-refractivity contribution in [1.29, 1.82) is 0 Å². The summed E-state index contributed by atoms with van der Waals surface area (Å²) in [7, 11) is 0. The van der Waals surface area contributed by atoms with Gasteiger partial charge in [-0.2, -0.15) is 0 Å². The van der Waals surface area contributed by atoms with Crippen molar-refractivity contribution in [1.82, 2.24) is 19.4 Å². The number of para-hydroxylation sites is 2.